The Bertz CT molecular complexity index is 427. The van der Waals surface area contributed by atoms with Gasteiger partial charge in [0.15, 0.2) is 0 Å². The van der Waals surface area contributed by atoms with E-state index in [4.69, 9.17) is 28.3 Å². The van der Waals surface area contributed by atoms with Gasteiger partial charge in [0.1, 0.15) is 0 Å². The summed E-state index contributed by atoms with van der Waals surface area (Å²) in [5, 5.41) is 15.2. The number of rotatable bonds is 6. The third kappa shape index (κ3) is 5.68. The molecule has 0 radical (unpaired) electrons. The maximum absolute atomic E-state index is 11.7. The highest BCUT2D eigenvalue weighted by Crippen LogP contribution is 2.25. The first-order chi connectivity index (χ1) is 9.06. The number of halogens is 2. The molecule has 6 heteroatoms. The number of aliphatic hydroxyl groups is 1. The Hall–Kier alpha value is -0.970. The van der Waals surface area contributed by atoms with Gasteiger partial charge in [0.25, 0.3) is 0 Å². The summed E-state index contributed by atoms with van der Waals surface area (Å²) >= 11 is 11.8. The highest BCUT2D eigenvalue weighted by molar-refractivity contribution is 6.35. The van der Waals surface area contributed by atoms with Gasteiger partial charge in [-0.05, 0) is 30.5 Å². The number of carbonyl (C=O) groups is 1. The summed E-state index contributed by atoms with van der Waals surface area (Å²) < 4.78 is 0. The van der Waals surface area contributed by atoms with Crippen molar-refractivity contribution in [2.45, 2.75) is 19.8 Å². The molecule has 1 unspecified atom stereocenters. The van der Waals surface area contributed by atoms with Crippen LogP contribution < -0.4 is 10.6 Å². The van der Waals surface area contributed by atoms with E-state index in [-0.39, 0.29) is 18.6 Å². The monoisotopic (exact) mass is 304 g/mol. The van der Waals surface area contributed by atoms with Crippen molar-refractivity contribution in [3.05, 3.63) is 28.2 Å². The van der Waals surface area contributed by atoms with Gasteiger partial charge in [-0.1, -0.05) is 36.5 Å². The molecule has 2 amide bonds. The van der Waals surface area contributed by atoms with Gasteiger partial charge in [-0.25, -0.2) is 4.79 Å². The minimum absolute atomic E-state index is 0.127. The van der Waals surface area contributed by atoms with E-state index >= 15 is 0 Å². The number of carbonyl (C=O) groups excluding carboxylic acids is 1. The average molecular weight is 305 g/mol. The molecule has 0 saturated heterocycles. The van der Waals surface area contributed by atoms with Crippen molar-refractivity contribution in [1.29, 1.82) is 0 Å². The number of hydrogen-bond acceptors (Lipinski definition) is 2. The van der Waals surface area contributed by atoms with E-state index in [1.54, 1.807) is 18.2 Å². The molecule has 0 aliphatic rings. The van der Waals surface area contributed by atoms with Crippen LogP contribution in [0.15, 0.2) is 18.2 Å². The Kier molecular flexibility index (Phi) is 6.99. The van der Waals surface area contributed by atoms with Crippen molar-refractivity contribution >= 4 is 34.9 Å². The Morgan fingerprint density at radius 2 is 2.16 bits per heavy atom. The molecule has 0 spiro atoms. The van der Waals surface area contributed by atoms with Crippen molar-refractivity contribution in [2.24, 2.45) is 5.92 Å². The average Bonchev–Trinajstić information content (AvgIpc) is 2.39. The van der Waals surface area contributed by atoms with Crippen LogP contribution in [0.4, 0.5) is 10.5 Å². The first-order valence-corrected chi connectivity index (χ1v) is 6.93. The third-order valence-electron chi connectivity index (χ3n) is 2.84. The molecule has 19 heavy (non-hydrogen) atoms. The molecule has 1 atom stereocenters. The Balaban J connectivity index is 2.48. The lowest BCUT2D eigenvalue weighted by molar-refractivity contribution is 0.238. The van der Waals surface area contributed by atoms with Crippen molar-refractivity contribution in [2.75, 3.05) is 18.5 Å². The summed E-state index contributed by atoms with van der Waals surface area (Å²) in [6.07, 6.45) is 1.58. The normalized spacial score (nSPS) is 12.0. The van der Waals surface area contributed by atoms with Gasteiger partial charge in [0.05, 0.1) is 10.7 Å². The van der Waals surface area contributed by atoms with Crippen molar-refractivity contribution in [1.82, 2.24) is 5.32 Å². The van der Waals surface area contributed by atoms with Crippen molar-refractivity contribution in [3.8, 4) is 0 Å². The molecule has 106 valence electrons. The van der Waals surface area contributed by atoms with Crippen LogP contribution >= 0.6 is 23.2 Å². The highest BCUT2D eigenvalue weighted by Gasteiger charge is 2.09. The summed E-state index contributed by atoms with van der Waals surface area (Å²) in [7, 11) is 0. The fourth-order valence-corrected chi connectivity index (χ4v) is 1.97. The molecule has 0 aliphatic heterocycles. The molecule has 1 rings (SSSR count). The molecule has 4 nitrogen and oxygen atoms in total. The highest BCUT2D eigenvalue weighted by atomic mass is 35.5. The molecule has 0 aromatic heterocycles. The Morgan fingerprint density at radius 1 is 1.42 bits per heavy atom. The zero-order valence-electron chi connectivity index (χ0n) is 10.7. The van der Waals surface area contributed by atoms with Crippen molar-refractivity contribution in [3.63, 3.8) is 0 Å². The van der Waals surface area contributed by atoms with E-state index in [1.165, 1.54) is 0 Å². The van der Waals surface area contributed by atoms with Crippen LogP contribution in [0.3, 0.4) is 0 Å². The number of amides is 2. The van der Waals surface area contributed by atoms with Crippen LogP contribution in [0.5, 0.6) is 0 Å². The van der Waals surface area contributed by atoms with Crippen LogP contribution in [-0.2, 0) is 0 Å². The van der Waals surface area contributed by atoms with Crippen LogP contribution in [0.2, 0.25) is 10.0 Å². The topological polar surface area (TPSA) is 61.4 Å². The molecule has 0 fully saturated rings. The van der Waals surface area contributed by atoms with Gasteiger partial charge in [-0.15, -0.1) is 0 Å². The number of aliphatic hydroxyl groups excluding tert-OH is 1. The number of nitrogens with one attached hydrogen (secondary N) is 2. The van der Waals surface area contributed by atoms with Gasteiger partial charge < -0.3 is 15.7 Å². The lowest BCUT2D eigenvalue weighted by Gasteiger charge is -2.15. The minimum atomic E-state index is -0.333. The Morgan fingerprint density at radius 3 is 2.79 bits per heavy atom. The molecular formula is C13H18Cl2N2O2. The van der Waals surface area contributed by atoms with Gasteiger partial charge in [0.2, 0.25) is 0 Å². The predicted molar refractivity (Wildman–Crippen MR) is 79.0 cm³/mol. The fraction of sp³-hybridized carbons (Fsp3) is 0.462. The molecule has 1 aromatic rings. The van der Waals surface area contributed by atoms with E-state index in [2.05, 4.69) is 10.6 Å². The summed E-state index contributed by atoms with van der Waals surface area (Å²) in [6, 6.07) is 4.54. The smallest absolute Gasteiger partial charge is 0.319 e. The Labute approximate surface area is 123 Å². The van der Waals surface area contributed by atoms with E-state index in [0.29, 0.717) is 28.7 Å². The number of urea groups is 1. The second kappa shape index (κ2) is 8.25. The lowest BCUT2D eigenvalue weighted by Crippen LogP contribution is -2.33. The van der Waals surface area contributed by atoms with E-state index in [1.807, 2.05) is 6.92 Å². The maximum Gasteiger partial charge on any atom is 0.319 e. The molecule has 0 bridgehead atoms. The first kappa shape index (κ1) is 16.1. The minimum Gasteiger partial charge on any atom is -0.396 e. The molecule has 1 aromatic carbocycles. The van der Waals surface area contributed by atoms with Gasteiger partial charge in [0, 0.05) is 18.2 Å². The summed E-state index contributed by atoms with van der Waals surface area (Å²) in [5.74, 6) is 0.269. The van der Waals surface area contributed by atoms with E-state index in [9.17, 15) is 4.79 Å². The second-order valence-electron chi connectivity index (χ2n) is 4.25. The quantitative estimate of drug-likeness (QED) is 0.753. The van der Waals surface area contributed by atoms with Gasteiger partial charge in [-0.2, -0.15) is 0 Å². The molecule has 0 saturated carbocycles. The molecule has 3 N–H and O–H groups in total. The van der Waals surface area contributed by atoms with Crippen LogP contribution in [0.1, 0.15) is 19.8 Å². The van der Waals surface area contributed by atoms with E-state index in [0.717, 1.165) is 6.42 Å². The summed E-state index contributed by atoms with van der Waals surface area (Å²) in [4.78, 5) is 11.7. The molecular weight excluding hydrogens is 287 g/mol. The van der Waals surface area contributed by atoms with Crippen LogP contribution in [0.25, 0.3) is 0 Å². The summed E-state index contributed by atoms with van der Waals surface area (Å²) in [5.41, 5.74) is 0.474. The largest absolute Gasteiger partial charge is 0.396 e. The number of hydrogen-bond donors (Lipinski definition) is 3. The number of anilines is 1. The zero-order chi connectivity index (χ0) is 14.3. The van der Waals surface area contributed by atoms with Gasteiger partial charge in [-0.3, -0.25) is 0 Å². The van der Waals surface area contributed by atoms with Crippen LogP contribution in [-0.4, -0.2) is 24.3 Å². The van der Waals surface area contributed by atoms with E-state index < -0.39 is 0 Å². The number of benzene rings is 1. The second-order valence-corrected chi connectivity index (χ2v) is 5.09. The predicted octanol–water partition coefficient (Wildman–Crippen LogP) is 3.52. The SMILES string of the molecule is CCC(CCO)CNC(=O)Nc1cc(Cl)ccc1Cl. The van der Waals surface area contributed by atoms with Crippen LogP contribution in [0, 0.1) is 5.92 Å². The first-order valence-electron chi connectivity index (χ1n) is 6.17. The van der Waals surface area contributed by atoms with Crippen molar-refractivity contribution < 1.29 is 9.90 Å². The molecule has 0 aliphatic carbocycles. The van der Waals surface area contributed by atoms with Gasteiger partial charge >= 0.3 is 6.03 Å². The fourth-order valence-electron chi connectivity index (χ4n) is 1.63. The zero-order valence-corrected chi connectivity index (χ0v) is 12.3. The lowest BCUT2D eigenvalue weighted by atomic mass is 10.0. The maximum atomic E-state index is 11.7. The standard InChI is InChI=1S/C13H18Cl2N2O2/c1-2-9(5-6-18)8-16-13(19)17-12-7-10(14)3-4-11(12)15/h3-4,7,9,18H,2,5-6,8H2,1H3,(H2,16,17,19). The molecule has 0 heterocycles. The third-order valence-corrected chi connectivity index (χ3v) is 3.41. The summed E-state index contributed by atoms with van der Waals surface area (Å²) in [6.45, 7) is 2.66.